The summed E-state index contributed by atoms with van der Waals surface area (Å²) in [5.41, 5.74) is 3.03. The van der Waals surface area contributed by atoms with Gasteiger partial charge in [-0.2, -0.15) is 10.2 Å². The number of amides is 1. The summed E-state index contributed by atoms with van der Waals surface area (Å²) in [7, 11) is 0. The number of non-ortho nitro benzene ring substituents is 1. The van der Waals surface area contributed by atoms with E-state index >= 15 is 0 Å². The lowest BCUT2D eigenvalue weighted by Gasteiger charge is -2.07. The second kappa shape index (κ2) is 8.35. The predicted octanol–water partition coefficient (Wildman–Crippen LogP) is 2.35. The summed E-state index contributed by atoms with van der Waals surface area (Å²) >= 11 is 0. The Bertz CT molecular complexity index is 1170. The molecule has 10 nitrogen and oxygen atoms in total. The van der Waals surface area contributed by atoms with Crippen LogP contribution in [0.2, 0.25) is 0 Å². The highest BCUT2D eigenvalue weighted by Gasteiger charge is 2.11. The molecular weight excluding hydrogens is 386 g/mol. The minimum absolute atomic E-state index is 0.00470. The lowest BCUT2D eigenvalue weighted by Crippen LogP contribution is -2.22. The molecule has 0 bridgehead atoms. The zero-order chi connectivity index (χ0) is 20.9. The second-order valence-electron chi connectivity index (χ2n) is 6.54. The highest BCUT2D eigenvalue weighted by molar-refractivity contribution is 5.93. The van der Waals surface area contributed by atoms with Crippen LogP contribution in [0.3, 0.4) is 0 Å². The summed E-state index contributed by atoms with van der Waals surface area (Å²) in [5, 5.41) is 21.9. The van der Waals surface area contributed by atoms with Gasteiger partial charge in [0.25, 0.3) is 11.6 Å². The fraction of sp³-hybridized carbons (Fsp3) is 0.100. The van der Waals surface area contributed by atoms with Gasteiger partial charge in [0, 0.05) is 24.9 Å². The summed E-state index contributed by atoms with van der Waals surface area (Å²) in [6.07, 6.45) is 6.17. The molecule has 2 aromatic heterocycles. The Balaban J connectivity index is 1.38. The molecule has 0 saturated carbocycles. The van der Waals surface area contributed by atoms with Crippen LogP contribution in [0.1, 0.15) is 21.5 Å². The van der Waals surface area contributed by atoms with Crippen molar-refractivity contribution in [1.29, 1.82) is 0 Å². The van der Waals surface area contributed by atoms with Gasteiger partial charge in [-0.05, 0) is 23.3 Å². The molecule has 2 heterocycles. The maximum Gasteiger partial charge on any atom is 0.269 e. The van der Waals surface area contributed by atoms with Crippen LogP contribution in [-0.4, -0.2) is 35.4 Å². The second-order valence-corrected chi connectivity index (χ2v) is 6.54. The Kier molecular flexibility index (Phi) is 5.29. The Labute approximate surface area is 170 Å². The number of hydrogen-bond acceptors (Lipinski definition) is 6. The largest absolute Gasteiger partial charge is 0.348 e. The van der Waals surface area contributed by atoms with Crippen LogP contribution in [0.15, 0.2) is 73.6 Å². The van der Waals surface area contributed by atoms with Crippen molar-refractivity contribution in [2.24, 2.45) is 0 Å². The summed E-state index contributed by atoms with van der Waals surface area (Å²) in [6.45, 7) is 0.969. The number of benzene rings is 2. The molecule has 1 amide bonds. The molecule has 1 N–H and O–H groups in total. The van der Waals surface area contributed by atoms with E-state index < -0.39 is 4.92 Å². The molecular formula is C20H17N7O3. The number of nitro benzene ring substituents is 1. The van der Waals surface area contributed by atoms with Gasteiger partial charge in [-0.3, -0.25) is 14.9 Å². The van der Waals surface area contributed by atoms with Gasteiger partial charge in [0.05, 0.1) is 28.9 Å². The summed E-state index contributed by atoms with van der Waals surface area (Å²) in [6, 6.07) is 13.8. The number of nitro groups is 1. The molecule has 0 radical (unpaired) electrons. The normalized spacial score (nSPS) is 10.7. The molecule has 0 aliphatic carbocycles. The maximum atomic E-state index is 12.5. The van der Waals surface area contributed by atoms with Gasteiger partial charge < -0.3 is 5.32 Å². The maximum absolute atomic E-state index is 12.5. The molecule has 4 rings (SSSR count). The molecule has 0 aliphatic heterocycles. The van der Waals surface area contributed by atoms with E-state index in [1.807, 2.05) is 24.3 Å². The summed E-state index contributed by atoms with van der Waals surface area (Å²) in [4.78, 5) is 26.7. The molecule has 0 fully saturated rings. The molecule has 0 atom stereocenters. The Hall–Kier alpha value is -4.34. The number of nitrogens with zero attached hydrogens (tertiary/aromatic N) is 6. The van der Waals surface area contributed by atoms with Gasteiger partial charge >= 0.3 is 0 Å². The van der Waals surface area contributed by atoms with Crippen LogP contribution in [0.25, 0.3) is 5.69 Å². The minimum Gasteiger partial charge on any atom is -0.348 e. The molecule has 0 spiro atoms. The van der Waals surface area contributed by atoms with E-state index in [0.29, 0.717) is 24.3 Å². The van der Waals surface area contributed by atoms with Crippen molar-refractivity contribution in [3.05, 3.63) is 100 Å². The molecule has 2 aromatic carbocycles. The predicted molar refractivity (Wildman–Crippen MR) is 107 cm³/mol. The molecule has 0 unspecified atom stereocenters. The van der Waals surface area contributed by atoms with E-state index in [-0.39, 0.29) is 11.6 Å². The average Bonchev–Trinajstić information content (AvgIpc) is 3.45. The van der Waals surface area contributed by atoms with Gasteiger partial charge in [-0.1, -0.05) is 24.3 Å². The van der Waals surface area contributed by atoms with Crippen molar-refractivity contribution in [3.63, 3.8) is 0 Å². The average molecular weight is 403 g/mol. The zero-order valence-corrected chi connectivity index (χ0v) is 15.8. The third-order valence-corrected chi connectivity index (χ3v) is 4.43. The van der Waals surface area contributed by atoms with Crippen molar-refractivity contribution >= 4 is 11.6 Å². The van der Waals surface area contributed by atoms with Gasteiger partial charge in [0.15, 0.2) is 0 Å². The number of carbonyl (C=O) groups is 1. The third kappa shape index (κ3) is 4.38. The third-order valence-electron chi connectivity index (χ3n) is 4.43. The Morgan fingerprint density at radius 1 is 1.10 bits per heavy atom. The van der Waals surface area contributed by atoms with E-state index in [0.717, 1.165) is 11.1 Å². The van der Waals surface area contributed by atoms with Crippen molar-refractivity contribution < 1.29 is 9.72 Å². The lowest BCUT2D eigenvalue weighted by atomic mass is 10.1. The van der Waals surface area contributed by atoms with Gasteiger partial charge in [-0.25, -0.2) is 14.3 Å². The molecule has 4 aromatic rings. The fourth-order valence-corrected chi connectivity index (χ4v) is 2.93. The summed E-state index contributed by atoms with van der Waals surface area (Å²) < 4.78 is 3.22. The van der Waals surface area contributed by atoms with E-state index in [2.05, 4.69) is 20.5 Å². The van der Waals surface area contributed by atoms with Gasteiger partial charge in [-0.15, -0.1) is 0 Å². The van der Waals surface area contributed by atoms with Crippen LogP contribution in [0, 0.1) is 10.1 Å². The number of carbonyl (C=O) groups excluding carboxylic acids is 1. The number of nitrogens with one attached hydrogen (secondary N) is 1. The van der Waals surface area contributed by atoms with Crippen molar-refractivity contribution in [2.45, 2.75) is 13.1 Å². The lowest BCUT2D eigenvalue weighted by molar-refractivity contribution is -0.384. The highest BCUT2D eigenvalue weighted by Crippen LogP contribution is 2.15. The van der Waals surface area contributed by atoms with Crippen molar-refractivity contribution in [3.8, 4) is 5.69 Å². The Morgan fingerprint density at radius 3 is 2.63 bits per heavy atom. The number of hydrogen-bond donors (Lipinski definition) is 1. The van der Waals surface area contributed by atoms with Crippen molar-refractivity contribution in [2.75, 3.05) is 0 Å². The fourth-order valence-electron chi connectivity index (χ4n) is 2.93. The molecule has 10 heteroatoms. The topological polar surface area (TPSA) is 121 Å². The zero-order valence-electron chi connectivity index (χ0n) is 15.8. The first-order valence-corrected chi connectivity index (χ1v) is 9.06. The van der Waals surface area contributed by atoms with Crippen LogP contribution >= 0.6 is 0 Å². The van der Waals surface area contributed by atoms with E-state index in [4.69, 9.17) is 0 Å². The van der Waals surface area contributed by atoms with Gasteiger partial charge in [0.1, 0.15) is 12.7 Å². The van der Waals surface area contributed by atoms with Gasteiger partial charge in [0.2, 0.25) is 0 Å². The Morgan fingerprint density at radius 2 is 1.90 bits per heavy atom. The van der Waals surface area contributed by atoms with Crippen LogP contribution in [0.4, 0.5) is 5.69 Å². The molecule has 0 aliphatic rings. The first kappa shape index (κ1) is 19.0. The van der Waals surface area contributed by atoms with E-state index in [1.54, 1.807) is 29.3 Å². The van der Waals surface area contributed by atoms with E-state index in [1.165, 1.54) is 29.3 Å². The standard InChI is InChI=1S/C20H17N7O3/c28-20(17-10-23-26(12-17)18-4-6-19(7-5-18)27(29)30)22-9-15-2-1-3-16(8-15)11-25-14-21-13-24-25/h1-8,10,12-14H,9,11H2,(H,22,28). The summed E-state index contributed by atoms with van der Waals surface area (Å²) in [5.74, 6) is -0.259. The first-order chi connectivity index (χ1) is 14.6. The van der Waals surface area contributed by atoms with Crippen LogP contribution in [-0.2, 0) is 13.1 Å². The van der Waals surface area contributed by atoms with Crippen molar-refractivity contribution in [1.82, 2.24) is 29.9 Å². The van der Waals surface area contributed by atoms with Crippen LogP contribution in [0.5, 0.6) is 0 Å². The molecule has 30 heavy (non-hydrogen) atoms. The quantitative estimate of drug-likeness (QED) is 0.373. The smallest absolute Gasteiger partial charge is 0.269 e. The number of rotatable bonds is 7. The SMILES string of the molecule is O=C(NCc1cccc(Cn2cncn2)c1)c1cnn(-c2ccc([N+](=O)[O-])cc2)c1. The minimum atomic E-state index is -0.466. The highest BCUT2D eigenvalue weighted by atomic mass is 16.6. The van der Waals surface area contributed by atoms with Crippen LogP contribution < -0.4 is 5.32 Å². The number of aromatic nitrogens is 5. The first-order valence-electron chi connectivity index (χ1n) is 9.06. The molecule has 150 valence electrons. The molecule has 0 saturated heterocycles. The monoisotopic (exact) mass is 403 g/mol. The van der Waals surface area contributed by atoms with E-state index in [9.17, 15) is 14.9 Å².